The molecule has 238 valence electrons. The molecule has 1 aromatic heterocycles. The van der Waals surface area contributed by atoms with Crippen LogP contribution in [0, 0.1) is 32.1 Å². The van der Waals surface area contributed by atoms with Crippen molar-refractivity contribution in [2.75, 3.05) is 44.9 Å². The Morgan fingerprint density at radius 1 is 1.09 bits per heavy atom. The summed E-state index contributed by atoms with van der Waals surface area (Å²) < 4.78 is 17.8. The van der Waals surface area contributed by atoms with Crippen molar-refractivity contribution in [2.45, 2.75) is 71.7 Å². The second kappa shape index (κ2) is 12.0. The average Bonchev–Trinajstić information content (AvgIpc) is 3.71. The summed E-state index contributed by atoms with van der Waals surface area (Å²) in [5.74, 6) is 1.02. The van der Waals surface area contributed by atoms with Gasteiger partial charge >= 0.3 is 5.97 Å². The number of rotatable bonds is 9. The van der Waals surface area contributed by atoms with Crippen LogP contribution in [0.25, 0.3) is 11.3 Å². The van der Waals surface area contributed by atoms with Crippen LogP contribution in [0.4, 0.5) is 5.82 Å². The molecule has 2 aromatic carbocycles. The lowest BCUT2D eigenvalue weighted by Gasteiger charge is -2.39. The minimum atomic E-state index is -0.737. The molecule has 4 heterocycles. The van der Waals surface area contributed by atoms with E-state index in [-0.39, 0.29) is 12.0 Å². The molecule has 8 nitrogen and oxygen atoms in total. The molecule has 0 spiro atoms. The van der Waals surface area contributed by atoms with Crippen LogP contribution in [0.3, 0.4) is 0 Å². The van der Waals surface area contributed by atoms with Crippen molar-refractivity contribution in [3.63, 3.8) is 0 Å². The SMILES string of the molecule is COC[C@H]1N(c2cccc(-c3cccc(C)c3OCc3cc(C)c4c(c3C)CCN(C3CCOCC3)C4)n2)C[C@@H]2C[C@@]21C(=O)O. The van der Waals surface area contributed by atoms with Gasteiger partial charge in [-0.05, 0) is 104 Å². The summed E-state index contributed by atoms with van der Waals surface area (Å²) in [6.07, 6.45) is 4.04. The number of anilines is 1. The number of hydrogen-bond donors (Lipinski definition) is 1. The molecule has 0 amide bonds. The average molecular weight is 612 g/mol. The fourth-order valence-corrected chi connectivity index (χ4v) is 8.33. The van der Waals surface area contributed by atoms with Crippen molar-refractivity contribution >= 4 is 11.8 Å². The predicted octanol–water partition coefficient (Wildman–Crippen LogP) is 5.72. The largest absolute Gasteiger partial charge is 0.488 e. The summed E-state index contributed by atoms with van der Waals surface area (Å²) in [5, 5.41) is 10.1. The van der Waals surface area contributed by atoms with Crippen molar-refractivity contribution in [3.8, 4) is 17.0 Å². The molecule has 3 fully saturated rings. The third-order valence-corrected chi connectivity index (χ3v) is 11.0. The molecule has 45 heavy (non-hydrogen) atoms. The van der Waals surface area contributed by atoms with Gasteiger partial charge in [0, 0.05) is 51.6 Å². The zero-order valence-corrected chi connectivity index (χ0v) is 27.0. The van der Waals surface area contributed by atoms with Gasteiger partial charge in [0.05, 0.1) is 23.8 Å². The molecular weight excluding hydrogens is 566 g/mol. The quantitative estimate of drug-likeness (QED) is 0.329. The minimum Gasteiger partial charge on any atom is -0.488 e. The number of pyridine rings is 1. The molecule has 0 bridgehead atoms. The number of fused-ring (bicyclic) bond motifs is 2. The smallest absolute Gasteiger partial charge is 0.312 e. The van der Waals surface area contributed by atoms with Crippen molar-refractivity contribution < 1.29 is 24.1 Å². The number of carbonyl (C=O) groups is 1. The number of nitrogens with zero attached hydrogens (tertiary/aromatic N) is 3. The van der Waals surface area contributed by atoms with Gasteiger partial charge in [-0.2, -0.15) is 0 Å². The van der Waals surface area contributed by atoms with Crippen LogP contribution < -0.4 is 9.64 Å². The molecule has 4 aliphatic rings. The number of aryl methyl sites for hydroxylation is 2. The highest BCUT2D eigenvalue weighted by atomic mass is 16.5. The van der Waals surface area contributed by atoms with Gasteiger partial charge in [0.25, 0.3) is 0 Å². The highest BCUT2D eigenvalue weighted by Crippen LogP contribution is 2.62. The second-order valence-electron chi connectivity index (χ2n) is 13.5. The Hall–Kier alpha value is -3.46. The number of carboxylic acid groups (broad SMARTS) is 1. The fraction of sp³-hybridized carbons (Fsp3) is 0.514. The first-order chi connectivity index (χ1) is 21.8. The maximum Gasteiger partial charge on any atom is 0.312 e. The van der Waals surface area contributed by atoms with Gasteiger partial charge in [-0.15, -0.1) is 0 Å². The van der Waals surface area contributed by atoms with Crippen LogP contribution in [-0.2, 0) is 33.8 Å². The van der Waals surface area contributed by atoms with E-state index in [2.05, 4.69) is 48.8 Å². The Labute approximate surface area is 266 Å². The van der Waals surface area contributed by atoms with Crippen LogP contribution in [0.1, 0.15) is 52.6 Å². The third kappa shape index (κ3) is 5.30. The fourth-order valence-electron chi connectivity index (χ4n) is 8.33. The highest BCUT2D eigenvalue weighted by molar-refractivity contribution is 5.82. The number of aliphatic carboxylic acids is 1. The monoisotopic (exact) mass is 611 g/mol. The molecule has 1 saturated carbocycles. The molecule has 0 radical (unpaired) electrons. The van der Waals surface area contributed by atoms with Gasteiger partial charge in [0.2, 0.25) is 0 Å². The molecule has 7 rings (SSSR count). The number of para-hydroxylation sites is 1. The number of benzene rings is 2. The first-order valence-corrected chi connectivity index (χ1v) is 16.4. The predicted molar refractivity (Wildman–Crippen MR) is 174 cm³/mol. The Bertz CT molecular complexity index is 1600. The number of hydrogen-bond acceptors (Lipinski definition) is 7. The maximum atomic E-state index is 12.3. The standard InChI is InChI=1S/C37H45N3O5/c1-23-7-5-8-30(32-9-6-10-34(38-32)40-19-27-18-37(27,36(41)42)33(40)22-43-4)35(23)45-21-26-17-24(2)31-20-39(14-11-29(31)25(26)3)28-12-15-44-16-13-28/h5-10,17,27-28,33H,11-16,18-22H2,1-4H3,(H,41,42)/t27-,33+,37+/m0/s1. The lowest BCUT2D eigenvalue weighted by atomic mass is 9.87. The topological polar surface area (TPSA) is 84.4 Å². The van der Waals surface area contributed by atoms with Crippen molar-refractivity contribution in [3.05, 3.63) is 75.8 Å². The van der Waals surface area contributed by atoms with E-state index in [1.54, 1.807) is 7.11 Å². The van der Waals surface area contributed by atoms with E-state index in [1.807, 2.05) is 24.3 Å². The first kappa shape index (κ1) is 30.2. The van der Waals surface area contributed by atoms with Gasteiger partial charge in [-0.1, -0.05) is 24.3 Å². The first-order valence-electron chi connectivity index (χ1n) is 16.4. The number of methoxy groups -OCH3 is 1. The number of ether oxygens (including phenoxy) is 3. The number of piperidine rings is 1. The van der Waals surface area contributed by atoms with Crippen molar-refractivity contribution in [2.24, 2.45) is 11.3 Å². The Morgan fingerprint density at radius 3 is 2.67 bits per heavy atom. The molecule has 2 saturated heterocycles. The lowest BCUT2D eigenvalue weighted by Crippen LogP contribution is -2.43. The second-order valence-corrected chi connectivity index (χ2v) is 13.5. The minimum absolute atomic E-state index is 0.131. The van der Waals surface area contributed by atoms with E-state index < -0.39 is 11.4 Å². The van der Waals surface area contributed by atoms with E-state index >= 15 is 0 Å². The van der Waals surface area contributed by atoms with Crippen molar-refractivity contribution in [1.29, 1.82) is 0 Å². The van der Waals surface area contributed by atoms with Crippen LogP contribution in [-0.4, -0.2) is 73.1 Å². The molecule has 3 aliphatic heterocycles. The van der Waals surface area contributed by atoms with Gasteiger partial charge < -0.3 is 24.2 Å². The lowest BCUT2D eigenvalue weighted by molar-refractivity contribution is -0.144. The van der Waals surface area contributed by atoms with Crippen LogP contribution in [0.5, 0.6) is 5.75 Å². The molecule has 1 aliphatic carbocycles. The van der Waals surface area contributed by atoms with Crippen LogP contribution >= 0.6 is 0 Å². The summed E-state index contributed by atoms with van der Waals surface area (Å²) in [4.78, 5) is 22.1. The maximum absolute atomic E-state index is 12.3. The molecule has 3 aromatic rings. The summed E-state index contributed by atoms with van der Waals surface area (Å²) in [7, 11) is 1.64. The van der Waals surface area contributed by atoms with E-state index in [4.69, 9.17) is 19.2 Å². The number of aromatic nitrogens is 1. The van der Waals surface area contributed by atoms with Crippen LogP contribution in [0.15, 0.2) is 42.5 Å². The summed E-state index contributed by atoms with van der Waals surface area (Å²) in [5.41, 5.74) is 8.99. The zero-order valence-electron chi connectivity index (χ0n) is 27.0. The summed E-state index contributed by atoms with van der Waals surface area (Å²) in [6, 6.07) is 14.9. The molecular formula is C37H45N3O5. The van der Waals surface area contributed by atoms with E-state index in [0.29, 0.717) is 32.2 Å². The van der Waals surface area contributed by atoms with Crippen molar-refractivity contribution in [1.82, 2.24) is 9.88 Å². The van der Waals surface area contributed by atoms with Crippen LogP contribution in [0.2, 0.25) is 0 Å². The summed E-state index contributed by atoms with van der Waals surface area (Å²) in [6.45, 7) is 12.0. The van der Waals surface area contributed by atoms with Gasteiger partial charge in [0.1, 0.15) is 18.2 Å². The third-order valence-electron chi connectivity index (χ3n) is 11.0. The highest BCUT2D eigenvalue weighted by Gasteiger charge is 2.71. The Balaban J connectivity index is 1.13. The van der Waals surface area contributed by atoms with E-state index in [1.165, 1.54) is 27.8 Å². The van der Waals surface area contributed by atoms with E-state index in [0.717, 1.165) is 74.0 Å². The van der Waals surface area contributed by atoms with Gasteiger partial charge in [0.15, 0.2) is 0 Å². The van der Waals surface area contributed by atoms with E-state index in [9.17, 15) is 9.90 Å². The van der Waals surface area contributed by atoms with Gasteiger partial charge in [-0.25, -0.2) is 4.98 Å². The normalized spacial score (nSPS) is 24.8. The Kier molecular flexibility index (Phi) is 8.09. The molecule has 1 N–H and O–H groups in total. The molecule has 8 heteroatoms. The Morgan fingerprint density at radius 2 is 1.89 bits per heavy atom. The zero-order chi connectivity index (χ0) is 31.3. The molecule has 3 atom stereocenters. The summed E-state index contributed by atoms with van der Waals surface area (Å²) >= 11 is 0. The molecule has 0 unspecified atom stereocenters. The van der Waals surface area contributed by atoms with Gasteiger partial charge in [-0.3, -0.25) is 9.69 Å². The number of carboxylic acids is 1.